The molecule has 0 bridgehead atoms. The lowest BCUT2D eigenvalue weighted by Crippen LogP contribution is -2.45. The largest absolute Gasteiger partial charge is 0.466 e. The zero-order valence-corrected chi connectivity index (χ0v) is 47.7. The van der Waals surface area contributed by atoms with E-state index in [4.69, 9.17) is 4.74 Å². The van der Waals surface area contributed by atoms with Gasteiger partial charge >= 0.3 is 5.97 Å². The van der Waals surface area contributed by atoms with Gasteiger partial charge in [0.15, 0.2) is 0 Å². The van der Waals surface area contributed by atoms with Crippen LogP contribution in [0.25, 0.3) is 0 Å². The molecule has 0 aromatic carbocycles. The summed E-state index contributed by atoms with van der Waals surface area (Å²) in [5.41, 5.74) is 0. The SMILES string of the molecule is CCCCCCCCC/C=C\CCCCCCCC(=O)OCCCCCCCCCCCCCC/C=C\CCCCCCCCCCCCCCCC(=O)NC(CO)C(O)/C=C/CCCCCCCCC. The molecule has 0 rings (SSSR count). The molecule has 0 saturated heterocycles. The monoisotopic (exact) mass is 998 g/mol. The number of carbonyl (C=O) groups excluding carboxylic acids is 2. The Morgan fingerprint density at radius 1 is 0.380 bits per heavy atom. The Bertz CT molecular complexity index is 1150. The Kier molecular flexibility index (Phi) is 59.0. The van der Waals surface area contributed by atoms with Gasteiger partial charge < -0.3 is 20.3 Å². The van der Waals surface area contributed by atoms with Gasteiger partial charge in [0.2, 0.25) is 5.91 Å². The van der Waals surface area contributed by atoms with E-state index in [1.165, 1.54) is 270 Å². The third-order valence-electron chi connectivity index (χ3n) is 14.6. The molecule has 0 aliphatic heterocycles. The Labute approximate surface area is 443 Å². The minimum Gasteiger partial charge on any atom is -0.466 e. The number of aliphatic hydroxyl groups is 2. The first-order chi connectivity index (χ1) is 35.0. The Balaban J connectivity index is 3.35. The number of amides is 1. The summed E-state index contributed by atoms with van der Waals surface area (Å²) in [7, 11) is 0. The number of aliphatic hydroxyl groups excluding tert-OH is 2. The first-order valence-corrected chi connectivity index (χ1v) is 31.8. The highest BCUT2D eigenvalue weighted by atomic mass is 16.5. The smallest absolute Gasteiger partial charge is 0.305 e. The fourth-order valence-corrected chi connectivity index (χ4v) is 9.74. The number of ether oxygens (including phenoxy) is 1. The van der Waals surface area contributed by atoms with E-state index < -0.39 is 12.1 Å². The molecule has 6 heteroatoms. The van der Waals surface area contributed by atoms with E-state index >= 15 is 0 Å². The van der Waals surface area contributed by atoms with Crippen LogP contribution in [0.2, 0.25) is 0 Å². The van der Waals surface area contributed by atoms with Gasteiger partial charge in [-0.1, -0.05) is 281 Å². The number of esters is 1. The molecule has 0 saturated carbocycles. The molecule has 6 nitrogen and oxygen atoms in total. The summed E-state index contributed by atoms with van der Waals surface area (Å²) in [4.78, 5) is 24.5. The predicted octanol–water partition coefficient (Wildman–Crippen LogP) is 20.0. The lowest BCUT2D eigenvalue weighted by Gasteiger charge is -2.20. The molecular formula is C65H123NO5. The average Bonchev–Trinajstić information content (AvgIpc) is 3.37. The van der Waals surface area contributed by atoms with E-state index in [0.717, 1.165) is 44.9 Å². The van der Waals surface area contributed by atoms with Gasteiger partial charge in [-0.3, -0.25) is 9.59 Å². The van der Waals surface area contributed by atoms with Gasteiger partial charge in [0.1, 0.15) is 0 Å². The predicted molar refractivity (Wildman–Crippen MR) is 310 cm³/mol. The van der Waals surface area contributed by atoms with E-state index in [2.05, 4.69) is 43.5 Å². The topological polar surface area (TPSA) is 95.9 Å². The summed E-state index contributed by atoms with van der Waals surface area (Å²) in [5.74, 6) is -0.0607. The molecule has 418 valence electrons. The second-order valence-corrected chi connectivity index (χ2v) is 21.7. The van der Waals surface area contributed by atoms with Crippen LogP contribution in [0, 0.1) is 0 Å². The van der Waals surface area contributed by atoms with Crippen LogP contribution in [0.15, 0.2) is 36.5 Å². The van der Waals surface area contributed by atoms with Crippen LogP contribution in [0.1, 0.15) is 341 Å². The zero-order valence-electron chi connectivity index (χ0n) is 47.7. The molecule has 0 radical (unpaired) electrons. The van der Waals surface area contributed by atoms with Crippen molar-refractivity contribution in [2.45, 2.75) is 353 Å². The number of allylic oxidation sites excluding steroid dienone is 5. The van der Waals surface area contributed by atoms with Crippen LogP contribution in [-0.4, -0.2) is 47.4 Å². The van der Waals surface area contributed by atoms with Gasteiger partial charge in [0.05, 0.1) is 25.4 Å². The lowest BCUT2D eigenvalue weighted by atomic mass is 10.0. The Hall–Kier alpha value is -1.92. The Morgan fingerprint density at radius 3 is 1.00 bits per heavy atom. The molecular weight excluding hydrogens is 875 g/mol. The second kappa shape index (κ2) is 60.6. The van der Waals surface area contributed by atoms with Gasteiger partial charge in [-0.05, 0) is 83.5 Å². The van der Waals surface area contributed by atoms with Gasteiger partial charge in [0.25, 0.3) is 0 Å². The summed E-state index contributed by atoms with van der Waals surface area (Å²) in [6, 6.07) is -0.625. The highest BCUT2D eigenvalue weighted by molar-refractivity contribution is 5.76. The molecule has 71 heavy (non-hydrogen) atoms. The average molecular weight is 999 g/mol. The molecule has 2 unspecified atom stereocenters. The summed E-state index contributed by atoms with van der Waals surface area (Å²) in [6.07, 6.45) is 76.4. The van der Waals surface area contributed by atoms with Crippen LogP contribution in [0.5, 0.6) is 0 Å². The minimum atomic E-state index is -0.841. The normalized spacial score (nSPS) is 12.8. The summed E-state index contributed by atoms with van der Waals surface area (Å²) >= 11 is 0. The van der Waals surface area contributed by atoms with E-state index in [0.29, 0.717) is 19.4 Å². The third kappa shape index (κ3) is 57.2. The standard InChI is InChI=1S/C65H123NO5/c1-3-5-7-9-11-13-14-15-16-33-36-39-43-47-51-55-59-65(70)71-60-56-52-48-44-40-37-34-31-29-27-25-23-21-19-17-18-20-22-24-26-28-30-32-35-38-42-46-50-54-58-64(69)66-62(61-67)63(68)57-53-49-45-41-12-10-8-6-4-2/h16-17,19,33,53,57,62-63,67-68H,3-15,18,20-32,34-52,54-56,58-61H2,1-2H3,(H,66,69)/b19-17-,33-16-,57-53+. The molecule has 3 N–H and O–H groups in total. The number of nitrogens with one attached hydrogen (secondary N) is 1. The third-order valence-corrected chi connectivity index (χ3v) is 14.6. The number of carbonyl (C=O) groups is 2. The van der Waals surface area contributed by atoms with E-state index in [1.54, 1.807) is 6.08 Å². The number of hydrogen-bond donors (Lipinski definition) is 3. The van der Waals surface area contributed by atoms with Crippen LogP contribution in [-0.2, 0) is 14.3 Å². The van der Waals surface area contributed by atoms with E-state index in [-0.39, 0.29) is 18.5 Å². The first-order valence-electron chi connectivity index (χ1n) is 31.8. The zero-order chi connectivity index (χ0) is 51.4. The maximum atomic E-state index is 12.4. The van der Waals surface area contributed by atoms with Crippen molar-refractivity contribution in [3.63, 3.8) is 0 Å². The fraction of sp³-hybridized carbons (Fsp3) is 0.877. The summed E-state index contributed by atoms with van der Waals surface area (Å²) < 4.78 is 5.49. The maximum Gasteiger partial charge on any atom is 0.305 e. The van der Waals surface area contributed by atoms with Crippen molar-refractivity contribution in [3.05, 3.63) is 36.5 Å². The van der Waals surface area contributed by atoms with Gasteiger partial charge in [-0.15, -0.1) is 0 Å². The van der Waals surface area contributed by atoms with E-state index in [9.17, 15) is 19.8 Å². The quantitative estimate of drug-likeness (QED) is 0.0321. The molecule has 0 aromatic heterocycles. The van der Waals surface area contributed by atoms with Crippen molar-refractivity contribution >= 4 is 11.9 Å². The molecule has 1 amide bonds. The van der Waals surface area contributed by atoms with Crippen molar-refractivity contribution in [3.8, 4) is 0 Å². The molecule has 0 aliphatic rings. The number of unbranched alkanes of at least 4 members (excludes halogenated alkanes) is 44. The molecule has 0 aliphatic carbocycles. The van der Waals surface area contributed by atoms with Crippen LogP contribution < -0.4 is 5.32 Å². The second-order valence-electron chi connectivity index (χ2n) is 21.7. The summed E-state index contributed by atoms with van der Waals surface area (Å²) in [5, 5.41) is 22.9. The van der Waals surface area contributed by atoms with Crippen LogP contribution >= 0.6 is 0 Å². The molecule has 0 heterocycles. The minimum absolute atomic E-state index is 0.00866. The molecule has 0 spiro atoms. The number of rotatable bonds is 59. The van der Waals surface area contributed by atoms with Crippen LogP contribution in [0.4, 0.5) is 0 Å². The van der Waals surface area contributed by atoms with Crippen molar-refractivity contribution in [2.75, 3.05) is 13.2 Å². The Morgan fingerprint density at radius 2 is 0.662 bits per heavy atom. The van der Waals surface area contributed by atoms with Crippen molar-refractivity contribution in [1.82, 2.24) is 5.32 Å². The van der Waals surface area contributed by atoms with Crippen molar-refractivity contribution in [1.29, 1.82) is 0 Å². The summed E-state index contributed by atoms with van der Waals surface area (Å²) in [6.45, 7) is 4.88. The molecule has 0 aromatic rings. The van der Waals surface area contributed by atoms with Gasteiger partial charge in [0, 0.05) is 12.8 Å². The fourth-order valence-electron chi connectivity index (χ4n) is 9.74. The molecule has 0 fully saturated rings. The molecule has 2 atom stereocenters. The highest BCUT2D eigenvalue weighted by Gasteiger charge is 2.18. The number of hydrogen-bond acceptors (Lipinski definition) is 5. The van der Waals surface area contributed by atoms with E-state index in [1.807, 2.05) is 6.08 Å². The maximum absolute atomic E-state index is 12.4. The van der Waals surface area contributed by atoms with Gasteiger partial charge in [-0.2, -0.15) is 0 Å². The van der Waals surface area contributed by atoms with Crippen molar-refractivity contribution in [2.24, 2.45) is 0 Å². The highest BCUT2D eigenvalue weighted by Crippen LogP contribution is 2.17. The first kappa shape index (κ1) is 69.1. The van der Waals surface area contributed by atoms with Gasteiger partial charge in [-0.25, -0.2) is 0 Å². The van der Waals surface area contributed by atoms with Crippen LogP contribution in [0.3, 0.4) is 0 Å². The lowest BCUT2D eigenvalue weighted by molar-refractivity contribution is -0.143. The van der Waals surface area contributed by atoms with Crippen molar-refractivity contribution < 1.29 is 24.5 Å².